The van der Waals surface area contributed by atoms with Crippen LogP contribution in [0.5, 0.6) is 0 Å². The number of aromatic nitrogens is 1. The number of rotatable bonds is 2. The van der Waals surface area contributed by atoms with Gasteiger partial charge < -0.3 is 10.1 Å². The Morgan fingerprint density at radius 2 is 2.29 bits per heavy atom. The van der Waals surface area contributed by atoms with Gasteiger partial charge in [-0.2, -0.15) is 5.26 Å². The average Bonchev–Trinajstić information content (AvgIpc) is 2.15. The maximum Gasteiger partial charge on any atom is 0.270 e. The third kappa shape index (κ3) is 1.78. The lowest BCUT2D eigenvalue weighted by Crippen LogP contribution is -2.14. The smallest absolute Gasteiger partial charge is 0.270 e. The number of hydrogen-bond acceptors (Lipinski definition) is 3. The van der Waals surface area contributed by atoms with Crippen LogP contribution in [-0.4, -0.2) is 10.1 Å². The van der Waals surface area contributed by atoms with Crippen LogP contribution in [-0.2, 0) is 6.61 Å². The van der Waals surface area contributed by atoms with Crippen molar-refractivity contribution in [2.24, 2.45) is 0 Å². The molecule has 0 amide bonds. The maximum absolute atomic E-state index is 12.3. The fourth-order valence-corrected chi connectivity index (χ4v) is 1.01. The van der Waals surface area contributed by atoms with Crippen LogP contribution in [0, 0.1) is 11.3 Å². The van der Waals surface area contributed by atoms with Gasteiger partial charge in [0.2, 0.25) is 0 Å². The van der Waals surface area contributed by atoms with E-state index in [1.165, 1.54) is 6.07 Å². The summed E-state index contributed by atoms with van der Waals surface area (Å²) in [5.74, 6) is 0. The summed E-state index contributed by atoms with van der Waals surface area (Å²) < 4.78 is 24.6. The van der Waals surface area contributed by atoms with Crippen LogP contribution in [0.4, 0.5) is 8.78 Å². The summed E-state index contributed by atoms with van der Waals surface area (Å²) in [4.78, 5) is 13.3. The molecule has 0 unspecified atom stereocenters. The molecule has 0 bridgehead atoms. The number of alkyl halides is 2. The van der Waals surface area contributed by atoms with E-state index in [0.29, 0.717) is 0 Å². The molecule has 4 nitrogen and oxygen atoms in total. The van der Waals surface area contributed by atoms with Crippen molar-refractivity contribution in [3.05, 3.63) is 33.2 Å². The summed E-state index contributed by atoms with van der Waals surface area (Å²) in [6.07, 6.45) is -3.00. The van der Waals surface area contributed by atoms with Crippen LogP contribution in [0.2, 0.25) is 0 Å². The highest BCUT2D eigenvalue weighted by Gasteiger charge is 2.18. The van der Waals surface area contributed by atoms with Gasteiger partial charge in [0.25, 0.3) is 6.43 Å². The van der Waals surface area contributed by atoms with Crippen LogP contribution in [0.15, 0.2) is 10.9 Å². The zero-order chi connectivity index (χ0) is 10.7. The Hall–Kier alpha value is -1.74. The molecule has 74 valence electrons. The standard InChI is InChI=1S/C8H6F2N2O2/c9-8(10)7-5(2-11)12-4(3-13)1-6(7)14/h1,8,13H,3H2,(H,12,14). The Morgan fingerprint density at radius 3 is 2.71 bits per heavy atom. The van der Waals surface area contributed by atoms with Gasteiger partial charge in [0.15, 0.2) is 5.43 Å². The van der Waals surface area contributed by atoms with Crippen molar-refractivity contribution in [3.8, 4) is 6.07 Å². The molecule has 0 spiro atoms. The molecule has 0 radical (unpaired) electrons. The first kappa shape index (κ1) is 10.3. The third-order valence-corrected chi connectivity index (χ3v) is 1.63. The number of aliphatic hydroxyl groups excluding tert-OH is 1. The number of hydrogen-bond donors (Lipinski definition) is 2. The molecule has 1 aromatic heterocycles. The first-order valence-corrected chi connectivity index (χ1v) is 3.65. The SMILES string of the molecule is N#Cc1[nH]c(CO)cc(=O)c1C(F)F. The molecule has 0 fully saturated rings. The van der Waals surface area contributed by atoms with Gasteiger partial charge in [0.1, 0.15) is 11.8 Å². The molecular formula is C8H6F2N2O2. The second-order valence-corrected chi connectivity index (χ2v) is 2.52. The molecule has 2 N–H and O–H groups in total. The van der Waals surface area contributed by atoms with E-state index in [2.05, 4.69) is 4.98 Å². The number of aromatic amines is 1. The number of H-pyrrole nitrogens is 1. The van der Waals surface area contributed by atoms with E-state index in [4.69, 9.17) is 10.4 Å². The van der Waals surface area contributed by atoms with E-state index in [0.717, 1.165) is 6.07 Å². The van der Waals surface area contributed by atoms with Gasteiger partial charge in [-0.1, -0.05) is 0 Å². The zero-order valence-corrected chi connectivity index (χ0v) is 6.92. The second kappa shape index (κ2) is 3.98. The van der Waals surface area contributed by atoms with Crippen LogP contribution < -0.4 is 5.43 Å². The minimum atomic E-state index is -3.00. The molecule has 6 heteroatoms. The number of pyridine rings is 1. The fraction of sp³-hybridized carbons (Fsp3) is 0.250. The predicted molar refractivity (Wildman–Crippen MR) is 42.7 cm³/mol. The van der Waals surface area contributed by atoms with Crippen molar-refractivity contribution < 1.29 is 13.9 Å². The van der Waals surface area contributed by atoms with Gasteiger partial charge in [0.05, 0.1) is 12.2 Å². The Kier molecular flexibility index (Phi) is 2.94. The van der Waals surface area contributed by atoms with Crippen molar-refractivity contribution in [1.29, 1.82) is 5.26 Å². The number of nitrogens with zero attached hydrogens (tertiary/aromatic N) is 1. The Labute approximate surface area is 77.4 Å². The van der Waals surface area contributed by atoms with Crippen molar-refractivity contribution in [2.75, 3.05) is 0 Å². The van der Waals surface area contributed by atoms with Crippen LogP contribution in [0.1, 0.15) is 23.4 Å². The van der Waals surface area contributed by atoms with E-state index < -0.39 is 29.7 Å². The van der Waals surface area contributed by atoms with E-state index in [9.17, 15) is 13.6 Å². The number of halogens is 2. The molecule has 0 aliphatic rings. The Bertz CT molecular complexity index is 434. The highest BCUT2D eigenvalue weighted by Crippen LogP contribution is 2.17. The van der Waals surface area contributed by atoms with Crippen LogP contribution in [0.3, 0.4) is 0 Å². The zero-order valence-electron chi connectivity index (χ0n) is 6.92. The molecule has 0 aromatic carbocycles. The van der Waals surface area contributed by atoms with Gasteiger partial charge in [-0.3, -0.25) is 4.79 Å². The fourth-order valence-electron chi connectivity index (χ4n) is 1.01. The number of nitriles is 1. The monoisotopic (exact) mass is 200 g/mol. The van der Waals surface area contributed by atoms with Crippen molar-refractivity contribution >= 4 is 0 Å². The van der Waals surface area contributed by atoms with Gasteiger partial charge in [0, 0.05) is 11.8 Å². The summed E-state index contributed by atoms with van der Waals surface area (Å²) in [6, 6.07) is 2.30. The number of aliphatic hydroxyl groups is 1. The largest absolute Gasteiger partial charge is 0.390 e. The molecule has 1 aromatic rings. The molecule has 0 aliphatic heterocycles. The lowest BCUT2D eigenvalue weighted by molar-refractivity contribution is 0.149. The summed E-state index contributed by atoms with van der Waals surface area (Å²) in [6.45, 7) is -0.507. The van der Waals surface area contributed by atoms with Gasteiger partial charge in [-0.15, -0.1) is 0 Å². The van der Waals surface area contributed by atoms with E-state index in [-0.39, 0.29) is 5.69 Å². The molecule has 0 saturated carbocycles. The second-order valence-electron chi connectivity index (χ2n) is 2.52. The first-order chi connectivity index (χ1) is 6.60. The summed E-state index contributed by atoms with van der Waals surface area (Å²) in [7, 11) is 0. The third-order valence-electron chi connectivity index (χ3n) is 1.63. The minimum Gasteiger partial charge on any atom is -0.390 e. The van der Waals surface area contributed by atoms with E-state index >= 15 is 0 Å². The molecule has 1 heterocycles. The van der Waals surface area contributed by atoms with Crippen molar-refractivity contribution in [2.45, 2.75) is 13.0 Å². The van der Waals surface area contributed by atoms with Crippen LogP contribution in [0.25, 0.3) is 0 Å². The van der Waals surface area contributed by atoms with E-state index in [1.54, 1.807) is 0 Å². The molecule has 0 aliphatic carbocycles. The van der Waals surface area contributed by atoms with Gasteiger partial charge in [-0.05, 0) is 0 Å². The topological polar surface area (TPSA) is 76.9 Å². The van der Waals surface area contributed by atoms with Gasteiger partial charge in [-0.25, -0.2) is 8.78 Å². The highest BCUT2D eigenvalue weighted by atomic mass is 19.3. The number of nitrogens with one attached hydrogen (secondary N) is 1. The van der Waals surface area contributed by atoms with Crippen molar-refractivity contribution in [3.63, 3.8) is 0 Å². The maximum atomic E-state index is 12.3. The molecule has 1 rings (SSSR count). The first-order valence-electron chi connectivity index (χ1n) is 3.65. The van der Waals surface area contributed by atoms with Crippen molar-refractivity contribution in [1.82, 2.24) is 4.98 Å². The normalized spacial score (nSPS) is 10.2. The lowest BCUT2D eigenvalue weighted by Gasteiger charge is -2.03. The molecule has 0 saturated heterocycles. The lowest BCUT2D eigenvalue weighted by atomic mass is 10.2. The molecular weight excluding hydrogens is 194 g/mol. The Morgan fingerprint density at radius 1 is 1.64 bits per heavy atom. The summed E-state index contributed by atoms with van der Waals surface area (Å²) in [5.41, 5.74) is -2.27. The average molecular weight is 200 g/mol. The van der Waals surface area contributed by atoms with Gasteiger partial charge >= 0.3 is 0 Å². The predicted octanol–water partition coefficient (Wildman–Crippen LogP) is 0.676. The Balaban J connectivity index is 3.45. The summed E-state index contributed by atoms with van der Waals surface area (Å²) >= 11 is 0. The molecule has 14 heavy (non-hydrogen) atoms. The molecule has 0 atom stereocenters. The van der Waals surface area contributed by atoms with Crippen LogP contribution >= 0.6 is 0 Å². The quantitative estimate of drug-likeness (QED) is 0.736. The highest BCUT2D eigenvalue weighted by molar-refractivity contribution is 5.33. The van der Waals surface area contributed by atoms with E-state index in [1.807, 2.05) is 0 Å². The summed E-state index contributed by atoms with van der Waals surface area (Å²) in [5, 5.41) is 17.1. The minimum absolute atomic E-state index is 0.0379.